The van der Waals surface area contributed by atoms with E-state index in [2.05, 4.69) is 9.98 Å². The predicted molar refractivity (Wildman–Crippen MR) is 130 cm³/mol. The van der Waals surface area contributed by atoms with Crippen molar-refractivity contribution in [3.8, 4) is 6.07 Å². The van der Waals surface area contributed by atoms with E-state index in [1.54, 1.807) is 6.07 Å². The van der Waals surface area contributed by atoms with Gasteiger partial charge in [0.1, 0.15) is 17.7 Å². The number of aliphatic imine (C=N–C) groups is 1. The lowest BCUT2D eigenvalue weighted by molar-refractivity contribution is -0.135. The van der Waals surface area contributed by atoms with E-state index in [0.717, 1.165) is 0 Å². The predicted octanol–water partition coefficient (Wildman–Crippen LogP) is 4.59. The molecule has 3 aliphatic heterocycles. The van der Waals surface area contributed by atoms with Gasteiger partial charge >= 0.3 is 0 Å². The number of halogens is 2. The number of benzene rings is 1. The summed E-state index contributed by atoms with van der Waals surface area (Å²) in [5.41, 5.74) is 6.34. The number of nitrogens with zero attached hydrogens (tertiary/aromatic N) is 3. The molecule has 35 heavy (non-hydrogen) atoms. The fourth-order valence-corrected chi connectivity index (χ4v) is 6.87. The van der Waals surface area contributed by atoms with Gasteiger partial charge in [-0.1, -0.05) is 24.8 Å². The maximum atomic E-state index is 15.1. The van der Waals surface area contributed by atoms with E-state index in [-0.39, 0.29) is 28.5 Å². The Morgan fingerprint density at radius 2 is 2.14 bits per heavy atom. The number of carbonyl (C=O) groups excluding carboxylic acids is 1. The van der Waals surface area contributed by atoms with Crippen LogP contribution in [-0.2, 0) is 15.1 Å². The third kappa shape index (κ3) is 4.15. The Kier molecular flexibility index (Phi) is 5.98. The fourth-order valence-electron chi connectivity index (χ4n) is 5.37. The summed E-state index contributed by atoms with van der Waals surface area (Å²) in [4.78, 5) is 22.1. The molecule has 2 aromatic rings. The Hall–Kier alpha value is -3.09. The van der Waals surface area contributed by atoms with Crippen molar-refractivity contribution >= 4 is 34.6 Å². The van der Waals surface area contributed by atoms with E-state index < -0.39 is 21.9 Å². The number of amidine groups is 1. The van der Waals surface area contributed by atoms with Gasteiger partial charge in [-0.05, 0) is 61.1 Å². The monoisotopic (exact) mass is 494 g/mol. The molecule has 2 bridgehead atoms. The van der Waals surface area contributed by atoms with Crippen molar-refractivity contribution in [3.05, 3.63) is 64.7 Å². The molecule has 0 amide bonds. The molecule has 1 saturated carbocycles. The van der Waals surface area contributed by atoms with Crippen molar-refractivity contribution in [1.29, 1.82) is 5.26 Å². The zero-order valence-corrected chi connectivity index (χ0v) is 19.9. The van der Waals surface area contributed by atoms with Crippen LogP contribution in [0, 0.1) is 29.0 Å². The maximum Gasteiger partial charge on any atom is 0.155 e. The maximum absolute atomic E-state index is 15.1. The summed E-state index contributed by atoms with van der Waals surface area (Å²) in [5.74, 6) is -0.943. The minimum atomic E-state index is -0.948. The summed E-state index contributed by atoms with van der Waals surface area (Å²) in [5, 5.41) is 9.15. The van der Waals surface area contributed by atoms with Crippen molar-refractivity contribution < 1.29 is 18.3 Å². The average molecular weight is 495 g/mol. The number of Topliss-reactive ketones (excluding diaryl/α,β-unsaturated/α-hetero) is 1. The zero-order chi connectivity index (χ0) is 24.8. The Bertz CT molecular complexity index is 1280. The van der Waals surface area contributed by atoms with E-state index in [4.69, 9.17) is 15.7 Å². The number of pyridine rings is 1. The number of ether oxygens (including phenoxy) is 1. The number of rotatable bonds is 5. The number of aromatic nitrogens is 1. The third-order valence-electron chi connectivity index (χ3n) is 7.13. The molecule has 2 N–H and O–H groups in total. The molecular weight excluding hydrogens is 470 g/mol. The van der Waals surface area contributed by atoms with Gasteiger partial charge in [0.05, 0.1) is 21.5 Å². The highest BCUT2D eigenvalue weighted by Crippen LogP contribution is 2.63. The van der Waals surface area contributed by atoms with E-state index in [1.807, 2.05) is 13.0 Å². The minimum Gasteiger partial charge on any atom is -0.381 e. The highest BCUT2D eigenvalue weighted by atomic mass is 32.2. The lowest BCUT2D eigenvalue weighted by Gasteiger charge is -2.57. The fraction of sp³-hybridized carbons (Fsp3) is 0.385. The first-order valence-corrected chi connectivity index (χ1v) is 12.3. The van der Waals surface area contributed by atoms with E-state index in [1.165, 1.54) is 48.3 Å². The van der Waals surface area contributed by atoms with Gasteiger partial charge in [0.2, 0.25) is 0 Å². The Morgan fingerprint density at radius 3 is 2.83 bits per heavy atom. The van der Waals surface area contributed by atoms with Gasteiger partial charge in [-0.2, -0.15) is 5.26 Å². The number of carbonyl (C=O) groups is 1. The minimum absolute atomic E-state index is 0.0724. The van der Waals surface area contributed by atoms with Crippen LogP contribution >= 0.6 is 11.8 Å². The Morgan fingerprint density at radius 1 is 1.34 bits per heavy atom. The van der Waals surface area contributed by atoms with Crippen LogP contribution < -0.4 is 5.73 Å². The zero-order valence-electron chi connectivity index (χ0n) is 19.1. The highest BCUT2D eigenvalue weighted by Gasteiger charge is 2.65. The van der Waals surface area contributed by atoms with Crippen molar-refractivity contribution in [2.24, 2.45) is 22.6 Å². The topological polar surface area (TPSA) is 101 Å². The number of ketones is 1. The lowest BCUT2D eigenvalue weighted by Crippen LogP contribution is -2.62. The van der Waals surface area contributed by atoms with Crippen LogP contribution in [0.25, 0.3) is 11.9 Å². The molecule has 0 radical (unpaired) electrons. The van der Waals surface area contributed by atoms with Crippen LogP contribution in [0.1, 0.15) is 48.6 Å². The van der Waals surface area contributed by atoms with E-state index in [0.29, 0.717) is 49.2 Å². The van der Waals surface area contributed by atoms with E-state index in [9.17, 15) is 9.18 Å². The Balaban J connectivity index is 1.44. The highest BCUT2D eigenvalue weighted by molar-refractivity contribution is 8.15. The Labute approximate surface area is 206 Å². The van der Waals surface area contributed by atoms with Gasteiger partial charge in [0.25, 0.3) is 0 Å². The van der Waals surface area contributed by atoms with Gasteiger partial charge < -0.3 is 10.5 Å². The molecular formula is C26H24F2N4O2S. The standard InChI is InChI=1S/C26H24F2N4O2S/c1-15-12-34-7-6-18(15)23(33)26-13-25(14-26,32-24(30)35-26)19-8-16(2-4-20(19)27)9-21(28)22-5-3-17(10-29)11-31-22/h2-5,8-9,11,15,18H,6-7,12-14H2,1H3,(H2,30,32)/b21-9-/t15-,18?,25?,26?/m0/s1. The molecule has 1 aromatic heterocycles. The normalized spacial score (nSPS) is 30.1. The summed E-state index contributed by atoms with van der Waals surface area (Å²) >= 11 is 1.28. The largest absolute Gasteiger partial charge is 0.381 e. The second kappa shape index (κ2) is 8.85. The molecule has 180 valence electrons. The van der Waals surface area contributed by atoms with Crippen LogP contribution in [0.3, 0.4) is 0 Å². The second-order valence-corrected chi connectivity index (χ2v) is 10.9. The first kappa shape index (κ1) is 23.6. The van der Waals surface area contributed by atoms with Crippen molar-refractivity contribution in [3.63, 3.8) is 0 Å². The number of nitriles is 1. The first-order valence-electron chi connectivity index (χ1n) is 11.5. The molecule has 1 unspecified atom stereocenters. The summed E-state index contributed by atoms with van der Waals surface area (Å²) < 4.78 is 34.7. The molecule has 1 aliphatic carbocycles. The first-order chi connectivity index (χ1) is 16.7. The molecule has 9 heteroatoms. The number of fused-ring (bicyclic) bond motifs is 1. The molecule has 1 saturated heterocycles. The molecule has 2 atom stereocenters. The molecule has 4 heterocycles. The average Bonchev–Trinajstić information content (AvgIpc) is 2.84. The van der Waals surface area contributed by atoms with Crippen LogP contribution in [-0.4, -0.2) is 33.9 Å². The summed E-state index contributed by atoms with van der Waals surface area (Å²) in [6, 6.07) is 9.16. The third-order valence-corrected chi connectivity index (χ3v) is 8.31. The van der Waals surface area contributed by atoms with Crippen molar-refractivity contribution in [1.82, 2.24) is 4.98 Å². The smallest absolute Gasteiger partial charge is 0.155 e. The van der Waals surface area contributed by atoms with Crippen LogP contribution in [0.2, 0.25) is 0 Å². The SMILES string of the molecule is C[C@H]1COCCC1C(=O)C12CC(c3cc(/C=C(\F)c4ccc(C#N)cn4)ccc3F)(C1)N=C(N)S2. The van der Waals surface area contributed by atoms with Crippen LogP contribution in [0.15, 0.2) is 41.5 Å². The number of thioether (sulfide) groups is 1. The molecule has 6 nitrogen and oxygen atoms in total. The van der Waals surface area contributed by atoms with E-state index >= 15 is 4.39 Å². The second-order valence-electron chi connectivity index (χ2n) is 9.52. The number of hydrogen-bond acceptors (Lipinski definition) is 7. The van der Waals surface area contributed by atoms with Gasteiger partial charge in [-0.15, -0.1) is 0 Å². The summed E-state index contributed by atoms with van der Waals surface area (Å²) in [6.45, 7) is 3.12. The van der Waals surface area contributed by atoms with Gasteiger partial charge in [0.15, 0.2) is 11.0 Å². The molecule has 0 spiro atoms. The van der Waals surface area contributed by atoms with Crippen molar-refractivity contribution in [2.75, 3.05) is 13.2 Å². The number of nitrogens with two attached hydrogens (primary N) is 1. The van der Waals surface area contributed by atoms with Crippen molar-refractivity contribution in [2.45, 2.75) is 36.5 Å². The van der Waals surface area contributed by atoms with Crippen LogP contribution in [0.4, 0.5) is 8.78 Å². The number of hydrogen-bond donors (Lipinski definition) is 1. The molecule has 4 aliphatic rings. The van der Waals surface area contributed by atoms with Crippen LogP contribution in [0.5, 0.6) is 0 Å². The summed E-state index contributed by atoms with van der Waals surface area (Å²) in [6.07, 6.45) is 3.94. The molecule has 6 rings (SSSR count). The van der Waals surface area contributed by atoms with Gasteiger partial charge in [0, 0.05) is 30.9 Å². The lowest BCUT2D eigenvalue weighted by atomic mass is 9.60. The molecule has 2 fully saturated rings. The summed E-state index contributed by atoms with van der Waals surface area (Å²) in [7, 11) is 0. The quantitative estimate of drug-likeness (QED) is 0.652. The molecule has 1 aromatic carbocycles. The van der Waals surface area contributed by atoms with Gasteiger partial charge in [-0.25, -0.2) is 8.78 Å². The van der Waals surface area contributed by atoms with Gasteiger partial charge in [-0.3, -0.25) is 14.8 Å².